The number of oxime groups is 1. The van der Waals surface area contributed by atoms with Crippen molar-refractivity contribution in [3.63, 3.8) is 0 Å². The van der Waals surface area contributed by atoms with E-state index in [2.05, 4.69) is 29.2 Å². The van der Waals surface area contributed by atoms with E-state index in [4.69, 9.17) is 9.57 Å². The number of hydrogen-bond acceptors (Lipinski definition) is 5. The molecule has 0 amide bonds. The molecule has 5 nitrogen and oxygen atoms in total. The summed E-state index contributed by atoms with van der Waals surface area (Å²) < 4.78 is 6.36. The van der Waals surface area contributed by atoms with Gasteiger partial charge in [0.05, 0.1) is 0 Å². The van der Waals surface area contributed by atoms with Gasteiger partial charge in [-0.1, -0.05) is 25.4 Å². The summed E-state index contributed by atoms with van der Waals surface area (Å²) in [7, 11) is 0. The monoisotopic (exact) mass is 309 g/mol. The lowest BCUT2D eigenvalue weighted by atomic mass is 9.96. The Labute approximate surface area is 134 Å². The minimum Gasteiger partial charge on any atom is -0.470 e. The molecular formula is C17H31N3O2. The van der Waals surface area contributed by atoms with Crippen molar-refractivity contribution in [2.24, 2.45) is 17.0 Å². The minimum absolute atomic E-state index is 0.0763. The molecule has 2 atom stereocenters. The van der Waals surface area contributed by atoms with Gasteiger partial charge in [0.25, 0.3) is 0 Å². The summed E-state index contributed by atoms with van der Waals surface area (Å²) in [4.78, 5) is 8.42. The molecule has 3 heterocycles. The smallest absolute Gasteiger partial charge is 0.229 e. The van der Waals surface area contributed by atoms with Crippen LogP contribution in [0.2, 0.25) is 0 Å². The van der Waals surface area contributed by atoms with Crippen LogP contribution in [-0.2, 0) is 9.57 Å². The molecule has 2 fully saturated rings. The Kier molecular flexibility index (Phi) is 5.58. The molecule has 5 heteroatoms. The maximum Gasteiger partial charge on any atom is 0.229 e. The first-order chi connectivity index (χ1) is 10.7. The van der Waals surface area contributed by atoms with Crippen molar-refractivity contribution in [3.05, 3.63) is 0 Å². The predicted molar refractivity (Wildman–Crippen MR) is 87.9 cm³/mol. The van der Waals surface area contributed by atoms with Crippen LogP contribution in [-0.4, -0.2) is 55.7 Å². The standard InChI is InChI=1S/C17H31N3O2/c1-13(2)16-15(12-20-10-4-3-5-11-20)21-17(19-22-16)14-6-8-18-9-7-14/h13-16,18H,3-12H2,1-2H3. The highest BCUT2D eigenvalue weighted by atomic mass is 16.7. The fourth-order valence-electron chi connectivity index (χ4n) is 3.75. The third-order valence-corrected chi connectivity index (χ3v) is 5.14. The molecule has 0 aliphatic carbocycles. The lowest BCUT2D eigenvalue weighted by Gasteiger charge is -2.38. The Morgan fingerprint density at radius 1 is 1.18 bits per heavy atom. The van der Waals surface area contributed by atoms with E-state index < -0.39 is 0 Å². The normalized spacial score (nSPS) is 31.5. The molecule has 2 unspecified atom stereocenters. The average Bonchev–Trinajstić information content (AvgIpc) is 2.56. The van der Waals surface area contributed by atoms with Gasteiger partial charge in [-0.25, -0.2) is 0 Å². The molecule has 3 aliphatic rings. The largest absolute Gasteiger partial charge is 0.470 e. The number of nitrogens with one attached hydrogen (secondary N) is 1. The lowest BCUT2D eigenvalue weighted by Crippen LogP contribution is -2.49. The third-order valence-electron chi connectivity index (χ3n) is 5.14. The number of ether oxygens (including phenoxy) is 1. The van der Waals surface area contributed by atoms with Crippen LogP contribution >= 0.6 is 0 Å². The van der Waals surface area contributed by atoms with Gasteiger partial charge >= 0.3 is 0 Å². The molecular weight excluding hydrogens is 278 g/mol. The zero-order valence-corrected chi connectivity index (χ0v) is 14.1. The van der Waals surface area contributed by atoms with Gasteiger partial charge in [0.1, 0.15) is 0 Å². The van der Waals surface area contributed by atoms with Gasteiger partial charge < -0.3 is 14.9 Å². The van der Waals surface area contributed by atoms with Crippen molar-refractivity contribution in [2.45, 2.75) is 58.2 Å². The maximum atomic E-state index is 6.36. The fourth-order valence-corrected chi connectivity index (χ4v) is 3.75. The van der Waals surface area contributed by atoms with Gasteiger partial charge in [-0.3, -0.25) is 4.90 Å². The minimum atomic E-state index is 0.0763. The number of rotatable bonds is 4. The second-order valence-electron chi connectivity index (χ2n) is 7.29. The van der Waals surface area contributed by atoms with Gasteiger partial charge in [0, 0.05) is 12.5 Å². The summed E-state index contributed by atoms with van der Waals surface area (Å²) >= 11 is 0. The summed E-state index contributed by atoms with van der Waals surface area (Å²) in [5.74, 6) is 1.70. The van der Waals surface area contributed by atoms with E-state index in [1.807, 2.05) is 0 Å². The summed E-state index contributed by atoms with van der Waals surface area (Å²) in [5.41, 5.74) is 0. The molecule has 0 saturated carbocycles. The Morgan fingerprint density at radius 2 is 1.91 bits per heavy atom. The van der Waals surface area contributed by atoms with E-state index >= 15 is 0 Å². The van der Waals surface area contributed by atoms with Crippen molar-refractivity contribution in [1.29, 1.82) is 0 Å². The van der Waals surface area contributed by atoms with Crippen LogP contribution in [0.1, 0.15) is 46.0 Å². The van der Waals surface area contributed by atoms with Gasteiger partial charge in [-0.2, -0.15) is 0 Å². The van der Waals surface area contributed by atoms with Crippen LogP contribution in [0.4, 0.5) is 0 Å². The summed E-state index contributed by atoms with van der Waals surface area (Å²) in [6.45, 7) is 9.88. The van der Waals surface area contributed by atoms with Crippen molar-refractivity contribution in [3.8, 4) is 0 Å². The first kappa shape index (κ1) is 16.1. The van der Waals surface area contributed by atoms with E-state index in [-0.39, 0.29) is 12.2 Å². The predicted octanol–water partition coefficient (Wildman–Crippen LogP) is 2.23. The zero-order valence-electron chi connectivity index (χ0n) is 14.1. The van der Waals surface area contributed by atoms with Crippen LogP contribution in [0.25, 0.3) is 0 Å². The van der Waals surface area contributed by atoms with E-state index in [0.29, 0.717) is 11.8 Å². The summed E-state index contributed by atoms with van der Waals surface area (Å²) in [6, 6.07) is 0. The Morgan fingerprint density at radius 3 is 2.59 bits per heavy atom. The first-order valence-electron chi connectivity index (χ1n) is 9.07. The van der Waals surface area contributed by atoms with Crippen molar-refractivity contribution >= 4 is 5.90 Å². The highest BCUT2D eigenvalue weighted by Gasteiger charge is 2.37. The van der Waals surface area contributed by atoms with Crippen LogP contribution in [0, 0.1) is 11.8 Å². The fraction of sp³-hybridized carbons (Fsp3) is 0.941. The van der Waals surface area contributed by atoms with Crippen molar-refractivity contribution in [1.82, 2.24) is 10.2 Å². The quantitative estimate of drug-likeness (QED) is 0.865. The number of piperidine rings is 2. The lowest BCUT2D eigenvalue weighted by molar-refractivity contribution is -0.0970. The van der Waals surface area contributed by atoms with Crippen LogP contribution in [0.5, 0.6) is 0 Å². The van der Waals surface area contributed by atoms with E-state index in [0.717, 1.165) is 38.4 Å². The topological polar surface area (TPSA) is 46.1 Å². The first-order valence-corrected chi connectivity index (χ1v) is 9.07. The van der Waals surface area contributed by atoms with Gasteiger partial charge in [0.15, 0.2) is 12.2 Å². The second kappa shape index (κ2) is 7.64. The van der Waals surface area contributed by atoms with E-state index in [1.54, 1.807) is 0 Å². The molecule has 0 radical (unpaired) electrons. The molecule has 0 spiro atoms. The molecule has 3 rings (SSSR count). The Bertz CT molecular complexity index is 374. The van der Waals surface area contributed by atoms with Crippen molar-refractivity contribution < 1.29 is 9.57 Å². The molecule has 1 N–H and O–H groups in total. The molecule has 0 aromatic heterocycles. The molecule has 2 saturated heterocycles. The molecule has 126 valence electrons. The van der Waals surface area contributed by atoms with Crippen LogP contribution < -0.4 is 5.32 Å². The van der Waals surface area contributed by atoms with Crippen LogP contribution in [0.15, 0.2) is 5.16 Å². The zero-order chi connectivity index (χ0) is 15.4. The molecule has 3 aliphatic heterocycles. The molecule has 0 aromatic rings. The van der Waals surface area contributed by atoms with Crippen LogP contribution in [0.3, 0.4) is 0 Å². The van der Waals surface area contributed by atoms with Gasteiger partial charge in [-0.15, -0.1) is 0 Å². The van der Waals surface area contributed by atoms with Gasteiger partial charge in [0.2, 0.25) is 5.90 Å². The van der Waals surface area contributed by atoms with E-state index in [1.165, 1.54) is 32.4 Å². The highest BCUT2D eigenvalue weighted by molar-refractivity contribution is 5.79. The second-order valence-corrected chi connectivity index (χ2v) is 7.29. The molecule has 0 bridgehead atoms. The number of likely N-dealkylation sites (tertiary alicyclic amines) is 1. The SMILES string of the molecule is CC(C)C1ON=C(C2CCNCC2)OC1CN1CCCCC1. The number of hydrogen-bond donors (Lipinski definition) is 1. The van der Waals surface area contributed by atoms with Crippen molar-refractivity contribution in [2.75, 3.05) is 32.7 Å². The highest BCUT2D eigenvalue weighted by Crippen LogP contribution is 2.26. The van der Waals surface area contributed by atoms with Gasteiger partial charge in [-0.05, 0) is 57.8 Å². The summed E-state index contributed by atoms with van der Waals surface area (Å²) in [6.07, 6.45) is 6.40. The average molecular weight is 309 g/mol. The number of nitrogens with zero attached hydrogens (tertiary/aromatic N) is 2. The third kappa shape index (κ3) is 3.93. The maximum absolute atomic E-state index is 6.36. The Hall–Kier alpha value is -0.810. The molecule has 0 aromatic carbocycles. The molecule has 22 heavy (non-hydrogen) atoms. The summed E-state index contributed by atoms with van der Waals surface area (Å²) in [5, 5.41) is 7.75. The Balaban J connectivity index is 1.63. The van der Waals surface area contributed by atoms with E-state index in [9.17, 15) is 0 Å².